The number of hydrogen-bond donors (Lipinski definition) is 0. The molecule has 1 nitrogen and oxygen atoms in total. The molecule has 0 bridgehead atoms. The quantitative estimate of drug-likeness (QED) is 0.362. The molecule has 2 aromatic rings. The number of allylic oxidation sites excluding steroid dienone is 2. The van der Waals surface area contributed by atoms with Gasteiger partial charge < -0.3 is 4.74 Å². The normalized spacial score (nSPS) is 13.6. The van der Waals surface area contributed by atoms with Crippen molar-refractivity contribution < 1.29 is 31.1 Å². The van der Waals surface area contributed by atoms with Gasteiger partial charge in [-0.2, -0.15) is 26.3 Å². The van der Waals surface area contributed by atoms with Gasteiger partial charge in [0.25, 0.3) is 0 Å². The van der Waals surface area contributed by atoms with Crippen LogP contribution < -0.4 is 0 Å². The van der Waals surface area contributed by atoms with Gasteiger partial charge in [-0.15, -0.1) is 0 Å². The Labute approximate surface area is 160 Å². The van der Waals surface area contributed by atoms with Crippen molar-refractivity contribution in [2.75, 3.05) is 0 Å². The van der Waals surface area contributed by atoms with Crippen molar-refractivity contribution in [2.24, 2.45) is 0 Å². The second-order valence-corrected chi connectivity index (χ2v) is 6.09. The monoisotopic (exact) mass is 426 g/mol. The van der Waals surface area contributed by atoms with Gasteiger partial charge in [-0.25, -0.2) is 0 Å². The van der Waals surface area contributed by atoms with Crippen LogP contribution in [0, 0.1) is 0 Å². The van der Waals surface area contributed by atoms with E-state index in [-0.39, 0.29) is 33.3 Å². The Balaban J connectivity index is 2.52. The summed E-state index contributed by atoms with van der Waals surface area (Å²) in [5.74, 6) is -1.63. The largest absolute Gasteiger partial charge is 0.456 e. The number of halogens is 8. The average Bonchev–Trinajstić information content (AvgIpc) is 2.52. The predicted molar refractivity (Wildman–Crippen MR) is 92.1 cm³/mol. The fourth-order valence-electron chi connectivity index (χ4n) is 1.99. The third kappa shape index (κ3) is 7.19. The topological polar surface area (TPSA) is 9.23 Å². The minimum Gasteiger partial charge on any atom is -0.456 e. The van der Waals surface area contributed by atoms with Crippen LogP contribution in [0.25, 0.3) is 11.5 Å². The fraction of sp³-hybridized carbons (Fsp3) is 0.111. The molecule has 0 aromatic heterocycles. The summed E-state index contributed by atoms with van der Waals surface area (Å²) in [7, 11) is 0. The van der Waals surface area contributed by atoms with Crippen molar-refractivity contribution in [3.05, 3.63) is 81.9 Å². The molecule has 9 heteroatoms. The summed E-state index contributed by atoms with van der Waals surface area (Å²) < 4.78 is 82.3. The zero-order valence-corrected chi connectivity index (χ0v) is 14.7. The minimum absolute atomic E-state index is 0.0984. The molecule has 2 rings (SSSR count). The first-order chi connectivity index (χ1) is 12.4. The van der Waals surface area contributed by atoms with E-state index >= 15 is 0 Å². The molecule has 0 aliphatic rings. The third-order valence-corrected chi connectivity index (χ3v) is 3.57. The molecule has 0 N–H and O–H groups in total. The summed E-state index contributed by atoms with van der Waals surface area (Å²) >= 11 is 11.4. The van der Waals surface area contributed by atoms with Crippen molar-refractivity contribution in [3.63, 3.8) is 0 Å². The maximum Gasteiger partial charge on any atom is 0.413 e. The SMILES string of the molecule is FC(F)(F)/C=C(\O/C(=C\C(F)(F)F)c1ccc(Cl)cc1)c1ccc(Cl)cc1. The average molecular weight is 427 g/mol. The Kier molecular flexibility index (Phi) is 6.49. The Morgan fingerprint density at radius 1 is 0.630 bits per heavy atom. The summed E-state index contributed by atoms with van der Waals surface area (Å²) in [6, 6.07) is 9.97. The minimum atomic E-state index is -4.82. The highest BCUT2D eigenvalue weighted by Crippen LogP contribution is 2.33. The lowest BCUT2D eigenvalue weighted by molar-refractivity contribution is -0.0803. The van der Waals surface area contributed by atoms with Crippen molar-refractivity contribution >= 4 is 34.7 Å². The van der Waals surface area contributed by atoms with Crippen molar-refractivity contribution in [2.45, 2.75) is 12.4 Å². The zero-order chi connectivity index (χ0) is 20.2. The van der Waals surface area contributed by atoms with Gasteiger partial charge in [0, 0.05) is 21.2 Å². The molecule has 0 amide bonds. The second kappa shape index (κ2) is 8.27. The van der Waals surface area contributed by atoms with Gasteiger partial charge in [-0.05, 0) is 48.5 Å². The summed E-state index contributed by atoms with van der Waals surface area (Å²) in [4.78, 5) is 0. The van der Waals surface area contributed by atoms with Crippen LogP contribution in [0.4, 0.5) is 26.3 Å². The number of ether oxygens (including phenoxy) is 1. The van der Waals surface area contributed by atoms with Gasteiger partial charge in [0.2, 0.25) is 0 Å². The Hall–Kier alpha value is -2.12. The highest BCUT2D eigenvalue weighted by Gasteiger charge is 2.29. The lowest BCUT2D eigenvalue weighted by Crippen LogP contribution is -2.08. The first-order valence-electron chi connectivity index (χ1n) is 7.22. The maximum absolute atomic E-state index is 12.9. The van der Waals surface area contributed by atoms with Crippen LogP contribution in [0.3, 0.4) is 0 Å². The van der Waals surface area contributed by atoms with Crippen molar-refractivity contribution in [1.82, 2.24) is 0 Å². The Bertz CT molecular complexity index is 763. The third-order valence-electron chi connectivity index (χ3n) is 3.07. The molecular formula is C18H10Cl2F6O. The van der Waals surface area contributed by atoms with Crippen LogP contribution in [0.5, 0.6) is 0 Å². The molecule has 2 aromatic carbocycles. The van der Waals surface area contributed by atoms with Gasteiger partial charge in [-0.1, -0.05) is 23.2 Å². The molecule has 0 unspecified atom stereocenters. The van der Waals surface area contributed by atoms with E-state index in [0.717, 1.165) is 0 Å². The van der Waals surface area contributed by atoms with Crippen molar-refractivity contribution in [1.29, 1.82) is 0 Å². The molecule has 0 saturated carbocycles. The van der Waals surface area contributed by atoms with Gasteiger partial charge in [0.15, 0.2) is 0 Å². The molecule has 144 valence electrons. The summed E-state index contributed by atoms with van der Waals surface area (Å²) in [5, 5.41) is 0.489. The molecular weight excluding hydrogens is 417 g/mol. The number of hydrogen-bond acceptors (Lipinski definition) is 1. The summed E-state index contributed by atoms with van der Waals surface area (Å²) in [6.45, 7) is 0. The van der Waals surface area contributed by atoms with Gasteiger partial charge in [0.05, 0.1) is 12.2 Å². The zero-order valence-electron chi connectivity index (χ0n) is 13.2. The van der Waals surface area contributed by atoms with E-state index < -0.39 is 23.9 Å². The second-order valence-electron chi connectivity index (χ2n) is 5.22. The summed E-state index contributed by atoms with van der Waals surface area (Å²) in [6.07, 6.45) is -10.1. The van der Waals surface area contributed by atoms with E-state index in [2.05, 4.69) is 0 Å². The first-order valence-corrected chi connectivity index (χ1v) is 7.97. The van der Waals surface area contributed by atoms with E-state index in [4.69, 9.17) is 27.9 Å². The molecule has 0 aliphatic heterocycles. The number of alkyl halides is 6. The molecule has 0 spiro atoms. The van der Waals surface area contributed by atoms with E-state index in [1.54, 1.807) is 0 Å². The maximum atomic E-state index is 12.9. The van der Waals surface area contributed by atoms with E-state index in [0.29, 0.717) is 0 Å². The van der Waals surface area contributed by atoms with E-state index in [1.165, 1.54) is 48.5 Å². The smallest absolute Gasteiger partial charge is 0.413 e. The molecule has 27 heavy (non-hydrogen) atoms. The van der Waals surface area contributed by atoms with E-state index in [1.807, 2.05) is 0 Å². The first kappa shape index (κ1) is 21.2. The predicted octanol–water partition coefficient (Wildman–Crippen LogP) is 7.52. The molecule has 0 atom stereocenters. The van der Waals surface area contributed by atoms with Crippen LogP contribution in [0.2, 0.25) is 10.0 Å². The fourth-order valence-corrected chi connectivity index (χ4v) is 2.24. The Morgan fingerprint density at radius 3 is 1.19 bits per heavy atom. The van der Waals surface area contributed by atoms with Crippen LogP contribution in [-0.4, -0.2) is 12.4 Å². The van der Waals surface area contributed by atoms with E-state index in [9.17, 15) is 26.3 Å². The van der Waals surface area contributed by atoms with Crippen molar-refractivity contribution in [3.8, 4) is 0 Å². The highest BCUT2D eigenvalue weighted by atomic mass is 35.5. The standard InChI is InChI=1S/C18H10Cl2F6O/c19-13-5-1-11(2-6-13)15(9-17(21,22)23)27-16(10-18(24,25)26)12-3-7-14(20)8-4-12/h1-10H/b15-9-,16-10-. The number of benzene rings is 2. The molecule has 0 saturated heterocycles. The van der Waals surface area contributed by atoms with Crippen LogP contribution in [0.15, 0.2) is 60.7 Å². The van der Waals surface area contributed by atoms with Crippen LogP contribution in [0.1, 0.15) is 11.1 Å². The van der Waals surface area contributed by atoms with Crippen LogP contribution >= 0.6 is 23.2 Å². The van der Waals surface area contributed by atoms with Gasteiger partial charge >= 0.3 is 12.4 Å². The molecule has 0 aliphatic carbocycles. The highest BCUT2D eigenvalue weighted by molar-refractivity contribution is 6.30. The lowest BCUT2D eigenvalue weighted by atomic mass is 10.1. The van der Waals surface area contributed by atoms with Gasteiger partial charge in [-0.3, -0.25) is 0 Å². The molecule has 0 radical (unpaired) electrons. The molecule has 0 fully saturated rings. The number of rotatable bonds is 4. The van der Waals surface area contributed by atoms with Crippen LogP contribution in [-0.2, 0) is 4.74 Å². The summed E-state index contributed by atoms with van der Waals surface area (Å²) in [5.41, 5.74) is -0.197. The Morgan fingerprint density at radius 2 is 0.926 bits per heavy atom. The lowest BCUT2D eigenvalue weighted by Gasteiger charge is -2.16. The molecule has 0 heterocycles. The van der Waals surface area contributed by atoms with Gasteiger partial charge in [0.1, 0.15) is 11.5 Å².